The highest BCUT2D eigenvalue weighted by atomic mass is 16.4. The topological polar surface area (TPSA) is 69.6 Å². The van der Waals surface area contributed by atoms with Gasteiger partial charge in [-0.2, -0.15) is 0 Å². The van der Waals surface area contributed by atoms with E-state index in [9.17, 15) is 14.7 Å². The SMILES string of the molecule is CN(C)CCC(=O)C(C(=O)O)C1CCNCC1. The number of carboxylic acid groups (broad SMARTS) is 1. The third kappa shape index (κ3) is 4.44. The molecular weight excluding hydrogens is 220 g/mol. The van der Waals surface area contributed by atoms with Crippen LogP contribution in [0.2, 0.25) is 0 Å². The lowest BCUT2D eigenvalue weighted by atomic mass is 9.81. The van der Waals surface area contributed by atoms with Gasteiger partial charge in [-0.15, -0.1) is 0 Å². The van der Waals surface area contributed by atoms with Crippen molar-refractivity contribution in [2.24, 2.45) is 11.8 Å². The lowest BCUT2D eigenvalue weighted by Crippen LogP contribution is -2.39. The van der Waals surface area contributed by atoms with Crippen LogP contribution in [0.5, 0.6) is 0 Å². The maximum atomic E-state index is 12.0. The minimum absolute atomic E-state index is 0.00316. The highest BCUT2D eigenvalue weighted by molar-refractivity contribution is 5.98. The largest absolute Gasteiger partial charge is 0.481 e. The normalized spacial score (nSPS) is 19.2. The molecule has 1 fully saturated rings. The molecule has 0 aromatic rings. The van der Waals surface area contributed by atoms with Crippen molar-refractivity contribution in [3.05, 3.63) is 0 Å². The Bertz CT molecular complexity index is 273. The number of piperidine rings is 1. The Morgan fingerprint density at radius 1 is 1.35 bits per heavy atom. The van der Waals surface area contributed by atoms with Crippen molar-refractivity contribution in [1.29, 1.82) is 0 Å². The molecule has 98 valence electrons. The predicted molar refractivity (Wildman–Crippen MR) is 64.9 cm³/mol. The van der Waals surface area contributed by atoms with E-state index in [1.54, 1.807) is 0 Å². The van der Waals surface area contributed by atoms with Crippen LogP contribution in [0.4, 0.5) is 0 Å². The average Bonchev–Trinajstić information content (AvgIpc) is 2.27. The number of nitrogens with zero attached hydrogens (tertiary/aromatic N) is 1. The first-order valence-corrected chi connectivity index (χ1v) is 6.13. The summed E-state index contributed by atoms with van der Waals surface area (Å²) in [6.07, 6.45) is 1.89. The second kappa shape index (κ2) is 6.71. The highest BCUT2D eigenvalue weighted by Gasteiger charge is 2.34. The van der Waals surface area contributed by atoms with E-state index in [4.69, 9.17) is 0 Å². The molecule has 1 saturated heterocycles. The van der Waals surface area contributed by atoms with Gasteiger partial charge in [0.2, 0.25) is 0 Å². The van der Waals surface area contributed by atoms with Crippen LogP contribution in [0.15, 0.2) is 0 Å². The molecule has 5 heteroatoms. The van der Waals surface area contributed by atoms with E-state index in [1.807, 2.05) is 19.0 Å². The van der Waals surface area contributed by atoms with Crippen LogP contribution in [0.3, 0.4) is 0 Å². The van der Waals surface area contributed by atoms with Gasteiger partial charge in [-0.1, -0.05) is 0 Å². The van der Waals surface area contributed by atoms with E-state index >= 15 is 0 Å². The van der Waals surface area contributed by atoms with E-state index in [1.165, 1.54) is 0 Å². The van der Waals surface area contributed by atoms with Crippen molar-refractivity contribution in [3.8, 4) is 0 Å². The molecule has 0 bridgehead atoms. The fraction of sp³-hybridized carbons (Fsp3) is 0.833. The number of rotatable bonds is 6. The molecule has 1 aliphatic rings. The maximum Gasteiger partial charge on any atom is 0.314 e. The molecule has 1 rings (SSSR count). The number of carbonyl (C=O) groups is 2. The summed E-state index contributed by atoms with van der Waals surface area (Å²) >= 11 is 0. The molecule has 0 amide bonds. The molecule has 0 aromatic carbocycles. The summed E-state index contributed by atoms with van der Waals surface area (Å²) in [5.74, 6) is -1.89. The van der Waals surface area contributed by atoms with Gasteiger partial charge in [-0.05, 0) is 45.9 Å². The Kier molecular flexibility index (Phi) is 5.58. The standard InChI is InChI=1S/C12H22N2O3/c1-14(2)8-5-10(15)11(12(16)17)9-3-6-13-7-4-9/h9,11,13H,3-8H2,1-2H3,(H,16,17). The Morgan fingerprint density at radius 3 is 2.41 bits per heavy atom. The molecule has 1 atom stereocenters. The van der Waals surface area contributed by atoms with Crippen LogP contribution >= 0.6 is 0 Å². The smallest absolute Gasteiger partial charge is 0.314 e. The molecule has 0 radical (unpaired) electrons. The molecule has 1 unspecified atom stereocenters. The Labute approximate surface area is 102 Å². The molecular formula is C12H22N2O3. The number of Topliss-reactive ketones (excluding diaryl/α,β-unsaturated/α-hetero) is 1. The quantitative estimate of drug-likeness (QED) is 0.652. The van der Waals surface area contributed by atoms with Crippen LogP contribution in [-0.4, -0.2) is 55.5 Å². The van der Waals surface area contributed by atoms with E-state index < -0.39 is 11.9 Å². The number of hydrogen-bond donors (Lipinski definition) is 2. The Morgan fingerprint density at radius 2 is 1.94 bits per heavy atom. The average molecular weight is 242 g/mol. The fourth-order valence-corrected chi connectivity index (χ4v) is 2.27. The lowest BCUT2D eigenvalue weighted by molar-refractivity contribution is -0.149. The van der Waals surface area contributed by atoms with E-state index in [0.29, 0.717) is 13.0 Å². The van der Waals surface area contributed by atoms with Crippen molar-refractivity contribution in [1.82, 2.24) is 10.2 Å². The maximum absolute atomic E-state index is 12.0. The third-order valence-corrected chi connectivity index (χ3v) is 3.27. The molecule has 0 aromatic heterocycles. The first-order chi connectivity index (χ1) is 8.02. The zero-order valence-electron chi connectivity index (χ0n) is 10.6. The molecule has 1 heterocycles. The summed E-state index contributed by atoms with van der Waals surface area (Å²) in [5, 5.41) is 12.4. The van der Waals surface area contributed by atoms with E-state index in [-0.39, 0.29) is 11.7 Å². The second-order valence-electron chi connectivity index (χ2n) is 4.92. The van der Waals surface area contributed by atoms with Crippen molar-refractivity contribution in [2.45, 2.75) is 19.3 Å². The Hall–Kier alpha value is -0.940. The predicted octanol–water partition coefficient (Wildman–Crippen LogP) is 0.208. The number of hydrogen-bond acceptors (Lipinski definition) is 4. The summed E-state index contributed by atoms with van der Waals surface area (Å²) in [5.41, 5.74) is 0. The molecule has 0 saturated carbocycles. The van der Waals surface area contributed by atoms with Gasteiger partial charge < -0.3 is 15.3 Å². The zero-order valence-corrected chi connectivity index (χ0v) is 10.6. The third-order valence-electron chi connectivity index (χ3n) is 3.27. The van der Waals surface area contributed by atoms with Gasteiger partial charge in [0.25, 0.3) is 0 Å². The summed E-state index contributed by atoms with van der Waals surface area (Å²) in [7, 11) is 3.77. The minimum atomic E-state index is -0.958. The molecule has 1 aliphatic heterocycles. The molecule has 5 nitrogen and oxygen atoms in total. The van der Waals surface area contributed by atoms with Gasteiger partial charge >= 0.3 is 5.97 Å². The van der Waals surface area contributed by atoms with Crippen molar-refractivity contribution in [3.63, 3.8) is 0 Å². The summed E-state index contributed by atoms with van der Waals surface area (Å²) < 4.78 is 0. The van der Waals surface area contributed by atoms with Gasteiger partial charge in [-0.25, -0.2) is 0 Å². The van der Waals surface area contributed by atoms with Gasteiger partial charge in [-0.3, -0.25) is 9.59 Å². The Balaban J connectivity index is 2.57. The van der Waals surface area contributed by atoms with Gasteiger partial charge in [0.05, 0.1) is 0 Å². The summed E-state index contributed by atoms with van der Waals surface area (Å²) in [6.45, 7) is 2.25. The number of aliphatic carboxylic acids is 1. The van der Waals surface area contributed by atoms with Crippen LogP contribution in [0.25, 0.3) is 0 Å². The number of carboxylic acids is 1. The first kappa shape index (κ1) is 14.1. The molecule has 0 aliphatic carbocycles. The van der Waals surface area contributed by atoms with Crippen LogP contribution in [-0.2, 0) is 9.59 Å². The van der Waals surface area contributed by atoms with Gasteiger partial charge in [0, 0.05) is 13.0 Å². The monoisotopic (exact) mass is 242 g/mol. The van der Waals surface area contributed by atoms with E-state index in [0.717, 1.165) is 25.9 Å². The van der Waals surface area contributed by atoms with Crippen molar-refractivity contribution >= 4 is 11.8 Å². The zero-order chi connectivity index (χ0) is 12.8. The van der Waals surface area contributed by atoms with Crippen LogP contribution in [0, 0.1) is 11.8 Å². The fourth-order valence-electron chi connectivity index (χ4n) is 2.27. The highest BCUT2D eigenvalue weighted by Crippen LogP contribution is 2.24. The van der Waals surface area contributed by atoms with Crippen LogP contribution < -0.4 is 5.32 Å². The lowest BCUT2D eigenvalue weighted by Gasteiger charge is -2.27. The first-order valence-electron chi connectivity index (χ1n) is 6.13. The number of carbonyl (C=O) groups excluding carboxylic acids is 1. The molecule has 0 spiro atoms. The summed E-state index contributed by atoms with van der Waals surface area (Å²) in [4.78, 5) is 25.1. The molecule has 17 heavy (non-hydrogen) atoms. The van der Waals surface area contributed by atoms with E-state index in [2.05, 4.69) is 5.32 Å². The van der Waals surface area contributed by atoms with Gasteiger partial charge in [0.1, 0.15) is 11.7 Å². The second-order valence-corrected chi connectivity index (χ2v) is 4.92. The molecule has 2 N–H and O–H groups in total. The van der Waals surface area contributed by atoms with Gasteiger partial charge in [0.15, 0.2) is 0 Å². The number of nitrogens with one attached hydrogen (secondary N) is 1. The van der Waals surface area contributed by atoms with Crippen molar-refractivity contribution < 1.29 is 14.7 Å². The number of ketones is 1. The van der Waals surface area contributed by atoms with Crippen LogP contribution in [0.1, 0.15) is 19.3 Å². The minimum Gasteiger partial charge on any atom is -0.481 e. The summed E-state index contributed by atoms with van der Waals surface area (Å²) in [6, 6.07) is 0. The van der Waals surface area contributed by atoms with Crippen molar-refractivity contribution in [2.75, 3.05) is 33.7 Å².